The van der Waals surface area contributed by atoms with Gasteiger partial charge in [-0.05, 0) is 52.8 Å². The number of nitrogens with one attached hydrogen (secondary N) is 2. The predicted molar refractivity (Wildman–Crippen MR) is 261 cm³/mol. The molecule has 0 aliphatic carbocycles. The van der Waals surface area contributed by atoms with Crippen LogP contribution < -0.4 is 20.3 Å². The van der Waals surface area contributed by atoms with Crippen LogP contribution in [0.4, 0.5) is 14.7 Å². The molecule has 2 unspecified atom stereocenters. The molecule has 4 aromatic heterocycles. The van der Waals surface area contributed by atoms with Crippen molar-refractivity contribution in [2.24, 2.45) is 5.92 Å². The molecule has 5 heterocycles. The number of amides is 1. The summed E-state index contributed by atoms with van der Waals surface area (Å²) in [6.45, 7) is 4.56. The largest absolute Gasteiger partial charge is 0.695 e. The maximum atomic E-state index is 16.4. The third-order valence-electron chi connectivity index (χ3n) is 11.5. The molecular formula is C46H47F2N10O12P2S+. The van der Waals surface area contributed by atoms with E-state index in [4.69, 9.17) is 60.4 Å². The molecule has 0 radical (unpaired) electrons. The van der Waals surface area contributed by atoms with Gasteiger partial charge in [0.2, 0.25) is 24.5 Å². The highest BCUT2D eigenvalue weighted by Crippen LogP contribution is 2.53. The molecule has 8 rings (SSSR count). The van der Waals surface area contributed by atoms with Crippen LogP contribution in [0.3, 0.4) is 0 Å². The smallest absolute Gasteiger partial charge is 0.497 e. The molecule has 1 aliphatic heterocycles. The van der Waals surface area contributed by atoms with E-state index in [0.717, 1.165) is 27.6 Å². The second kappa shape index (κ2) is 22.7. The first-order valence-electron chi connectivity index (χ1n) is 22.2. The monoisotopic (exact) mass is 1060 g/mol. The number of halogens is 2. The Morgan fingerprint density at radius 2 is 1.64 bits per heavy atom. The number of benzene rings is 3. The average molecular weight is 1060 g/mol. The van der Waals surface area contributed by atoms with E-state index in [1.165, 1.54) is 12.5 Å². The van der Waals surface area contributed by atoms with Crippen LogP contribution in [0.25, 0.3) is 27.2 Å². The van der Waals surface area contributed by atoms with Crippen LogP contribution >= 0.6 is 15.0 Å². The Bertz CT molecular complexity index is 3190. The minimum absolute atomic E-state index is 0.0133. The topological polar surface area (TPSA) is 252 Å². The Hall–Kier alpha value is -6.55. The van der Waals surface area contributed by atoms with Crippen LogP contribution in [0.5, 0.6) is 11.5 Å². The van der Waals surface area contributed by atoms with Gasteiger partial charge >= 0.3 is 20.9 Å². The Kier molecular flexibility index (Phi) is 16.4. The molecule has 27 heteroatoms. The summed E-state index contributed by atoms with van der Waals surface area (Å²) in [5, 5.41) is 2.43. The number of fused-ring (bicyclic) bond motifs is 2. The van der Waals surface area contributed by atoms with Gasteiger partial charge in [-0.15, -0.1) is 9.42 Å². The summed E-state index contributed by atoms with van der Waals surface area (Å²) < 4.78 is 93.9. The van der Waals surface area contributed by atoms with E-state index >= 15 is 8.78 Å². The number of methoxy groups -OCH3 is 2. The summed E-state index contributed by atoms with van der Waals surface area (Å²) in [6.07, 6.45) is -2.82. The van der Waals surface area contributed by atoms with E-state index in [-0.39, 0.29) is 50.0 Å². The number of rotatable bonds is 23. The first-order chi connectivity index (χ1) is 35.1. The number of H-pyrrole nitrogens is 1. The Morgan fingerprint density at radius 3 is 2.27 bits per heavy atom. The van der Waals surface area contributed by atoms with Crippen molar-refractivity contribution < 1.29 is 60.1 Å². The van der Waals surface area contributed by atoms with Gasteiger partial charge in [0.15, 0.2) is 29.1 Å². The van der Waals surface area contributed by atoms with E-state index < -0.39 is 68.9 Å². The fourth-order valence-corrected chi connectivity index (χ4v) is 10.2. The second-order valence-corrected chi connectivity index (χ2v) is 20.0. The lowest BCUT2D eigenvalue weighted by atomic mass is 9.80. The van der Waals surface area contributed by atoms with Gasteiger partial charge in [0.25, 0.3) is 5.56 Å². The number of hydrogen-bond acceptors (Lipinski definition) is 17. The molecule has 0 saturated carbocycles. The number of aromatic amines is 1. The number of nitrogens with zero attached hydrogens (tertiary/aromatic N) is 8. The van der Waals surface area contributed by atoms with Gasteiger partial charge < -0.3 is 41.9 Å². The molecule has 0 bridgehead atoms. The van der Waals surface area contributed by atoms with Crippen LogP contribution in [0.1, 0.15) is 42.6 Å². The SMILES string of the molecule is [C-]#[N+]CCOP(=S)(OCCn1c(COC(c2ccccc2)(c2ccc(OC)cc2)c2ccc(OC)cc2)nc2cncnc21)OC[C@H]1O[C@@H](n2cnc3c(=O)[nH]c(NC(=O)C(C)C)nc32)[C@H](O[P+](=O)O)C1(F)F. The molecule has 382 valence electrons. The van der Waals surface area contributed by atoms with E-state index in [1.54, 1.807) is 32.6 Å². The highest BCUT2D eigenvalue weighted by molar-refractivity contribution is 8.07. The van der Waals surface area contributed by atoms with E-state index in [1.807, 2.05) is 78.9 Å². The van der Waals surface area contributed by atoms with Gasteiger partial charge in [0.1, 0.15) is 48.0 Å². The van der Waals surface area contributed by atoms with Gasteiger partial charge in [-0.3, -0.25) is 24.5 Å². The number of alkyl halides is 2. The summed E-state index contributed by atoms with van der Waals surface area (Å²) in [5.74, 6) is -3.77. The minimum Gasteiger partial charge on any atom is -0.497 e. The molecule has 3 N–H and O–H groups in total. The quantitative estimate of drug-likeness (QED) is 0.0257. The molecule has 3 aromatic carbocycles. The maximum Gasteiger partial charge on any atom is 0.695 e. The van der Waals surface area contributed by atoms with Crippen molar-refractivity contribution in [3.8, 4) is 11.5 Å². The molecular weight excluding hydrogens is 1020 g/mol. The third kappa shape index (κ3) is 11.3. The summed E-state index contributed by atoms with van der Waals surface area (Å²) >= 11 is 5.73. The molecule has 1 saturated heterocycles. The summed E-state index contributed by atoms with van der Waals surface area (Å²) in [6, 6.07) is 24.6. The Labute approximate surface area is 421 Å². The molecule has 5 atom stereocenters. The van der Waals surface area contributed by atoms with Crippen LogP contribution in [-0.4, -0.2) is 109 Å². The number of carbonyl (C=O) groups is 1. The fourth-order valence-electron chi connectivity index (χ4n) is 7.95. The zero-order valence-corrected chi connectivity index (χ0v) is 42.0. The summed E-state index contributed by atoms with van der Waals surface area (Å²) in [7, 11) is -0.495. The van der Waals surface area contributed by atoms with Gasteiger partial charge in [-0.2, -0.15) is 4.98 Å². The average Bonchev–Trinajstić information content (AvgIpc) is 4.05. The number of imidazole rings is 2. The summed E-state index contributed by atoms with van der Waals surface area (Å²) in [4.78, 5) is 62.4. The van der Waals surface area contributed by atoms with E-state index in [9.17, 15) is 19.0 Å². The van der Waals surface area contributed by atoms with Crippen LogP contribution in [0.2, 0.25) is 0 Å². The number of hydrogen-bond donors (Lipinski definition) is 3. The van der Waals surface area contributed by atoms with Gasteiger partial charge in [-0.1, -0.05) is 68.4 Å². The standard InChI is InChI=1S/C46H46F2N10O12P2S/c1-28(2)41(59)55-44-54-40-37(42(60)56-44)52-27-58(40)43-38(70-71(61)62)46(47,48)35(69-43)24-68-72(73,66-21-19-49-3)67-22-20-57-36(53-34-23-50-26-51-39(34)57)25-65-45(29-9-7-6-8-10-29,30-11-15-32(63-4)16-12-30)31-13-17-33(64-5)18-14-31/h6-18,23,26-28,35,38,43H,19-22,24-25H2,1-2,4-5H3,(H2-,54,55,56,59,60,61,62)/p+1/t35-,38+,43-,72?/m1/s1. The molecule has 0 spiro atoms. The molecule has 7 aromatic rings. The molecule has 73 heavy (non-hydrogen) atoms. The fraction of sp³-hybridized carbons (Fsp3) is 0.348. The van der Waals surface area contributed by atoms with Crippen molar-refractivity contribution in [2.75, 3.05) is 45.9 Å². The normalized spacial score (nSPS) is 17.6. The molecule has 1 aliphatic rings. The van der Waals surface area contributed by atoms with Crippen LogP contribution in [0, 0.1) is 12.5 Å². The maximum absolute atomic E-state index is 16.4. The number of carbonyl (C=O) groups excluding carboxylic acids is 1. The van der Waals surface area contributed by atoms with Gasteiger partial charge in [0, 0.05) is 17.0 Å². The van der Waals surface area contributed by atoms with Gasteiger partial charge in [0.05, 0.1) is 40.0 Å². The number of ether oxygens (including phenoxy) is 4. The highest BCUT2D eigenvalue weighted by Gasteiger charge is 2.64. The van der Waals surface area contributed by atoms with E-state index in [0.29, 0.717) is 28.5 Å². The minimum atomic E-state index is -4.08. The molecule has 1 fully saturated rings. The van der Waals surface area contributed by atoms with Crippen molar-refractivity contribution >= 4 is 61.0 Å². The van der Waals surface area contributed by atoms with Gasteiger partial charge in [-0.25, -0.2) is 35.3 Å². The Morgan fingerprint density at radius 1 is 0.986 bits per heavy atom. The lowest BCUT2D eigenvalue weighted by Gasteiger charge is -2.36. The van der Waals surface area contributed by atoms with Crippen molar-refractivity contribution in [2.45, 2.75) is 57.0 Å². The van der Waals surface area contributed by atoms with Crippen molar-refractivity contribution in [1.82, 2.24) is 39.0 Å². The van der Waals surface area contributed by atoms with Crippen molar-refractivity contribution in [3.05, 3.63) is 142 Å². The lowest BCUT2D eigenvalue weighted by molar-refractivity contribution is -0.119. The number of aromatic nitrogens is 8. The zero-order chi connectivity index (χ0) is 51.9. The lowest BCUT2D eigenvalue weighted by Crippen LogP contribution is -2.42. The van der Waals surface area contributed by atoms with Crippen molar-refractivity contribution in [1.29, 1.82) is 0 Å². The van der Waals surface area contributed by atoms with Crippen LogP contribution in [0.15, 0.2) is 103 Å². The second-order valence-electron chi connectivity index (χ2n) is 16.3. The van der Waals surface area contributed by atoms with E-state index in [2.05, 4.69) is 35.1 Å². The predicted octanol–water partition coefficient (Wildman–Crippen LogP) is 6.84. The number of anilines is 1. The first-order valence-corrected chi connectivity index (χ1v) is 25.9. The first kappa shape index (κ1) is 52.8. The van der Waals surface area contributed by atoms with Crippen molar-refractivity contribution in [3.63, 3.8) is 0 Å². The highest BCUT2D eigenvalue weighted by atomic mass is 32.5. The molecule has 22 nitrogen and oxygen atoms in total. The van der Waals surface area contributed by atoms with Crippen LogP contribution in [-0.2, 0) is 67.5 Å². The molecule has 1 amide bonds. The summed E-state index contributed by atoms with van der Waals surface area (Å²) in [5.41, 5.74) is 0.440. The third-order valence-corrected chi connectivity index (χ3v) is 14.3. The zero-order valence-electron chi connectivity index (χ0n) is 39.4. The Balaban J connectivity index is 1.06.